The number of carboxylic acid groups (broad SMARTS) is 1. The summed E-state index contributed by atoms with van der Waals surface area (Å²) in [6.07, 6.45) is 0.946. The van der Waals surface area contributed by atoms with Crippen LogP contribution in [0.2, 0.25) is 0 Å². The average molecular weight is 453 g/mol. The Kier molecular flexibility index (Phi) is 6.27. The molecule has 1 amide bonds. The summed E-state index contributed by atoms with van der Waals surface area (Å²) in [5, 5.41) is 21.4. The molecule has 0 spiro atoms. The zero-order chi connectivity index (χ0) is 23.5. The van der Waals surface area contributed by atoms with Gasteiger partial charge >= 0.3 is 5.97 Å². The van der Waals surface area contributed by atoms with Gasteiger partial charge in [0.25, 0.3) is 11.5 Å². The molecule has 0 saturated carbocycles. The Hall–Kier alpha value is -3.92. The molecule has 1 unspecified atom stereocenters. The minimum absolute atomic E-state index is 0.0687. The van der Waals surface area contributed by atoms with Crippen molar-refractivity contribution in [2.45, 2.75) is 6.42 Å². The molecule has 1 aliphatic heterocycles. The topological polar surface area (TPSA) is 135 Å². The fourth-order valence-corrected chi connectivity index (χ4v) is 3.99. The second-order valence-corrected chi connectivity index (χ2v) is 7.91. The monoisotopic (exact) mass is 453 g/mol. The Morgan fingerprint density at radius 2 is 1.97 bits per heavy atom. The van der Waals surface area contributed by atoms with Gasteiger partial charge in [-0.25, -0.2) is 9.18 Å². The number of nitrogens with one attached hydrogen (secondary N) is 5. The maximum Gasteiger partial charge on any atom is 0.335 e. The number of rotatable bonds is 7. The highest BCUT2D eigenvalue weighted by molar-refractivity contribution is 6.13. The summed E-state index contributed by atoms with van der Waals surface area (Å²) in [5.74, 6) is -1.99. The number of halogens is 1. The van der Waals surface area contributed by atoms with Crippen molar-refractivity contribution >= 4 is 39.8 Å². The van der Waals surface area contributed by atoms with Crippen LogP contribution in [0.3, 0.4) is 0 Å². The highest BCUT2D eigenvalue weighted by atomic mass is 19.1. The van der Waals surface area contributed by atoms with Gasteiger partial charge in [0.2, 0.25) is 0 Å². The van der Waals surface area contributed by atoms with Crippen LogP contribution in [-0.4, -0.2) is 48.6 Å². The number of hydrogen-bond acceptors (Lipinski definition) is 6. The van der Waals surface area contributed by atoms with Gasteiger partial charge in [0, 0.05) is 24.7 Å². The molecule has 0 bridgehead atoms. The molecule has 3 aromatic rings. The van der Waals surface area contributed by atoms with E-state index in [2.05, 4.69) is 26.3 Å². The van der Waals surface area contributed by atoms with Crippen LogP contribution in [-0.2, 0) is 0 Å². The number of amides is 1. The fraction of sp³-hybridized carbons (Fsp3) is 0.261. The zero-order valence-corrected chi connectivity index (χ0v) is 17.9. The van der Waals surface area contributed by atoms with Gasteiger partial charge in [-0.1, -0.05) is 0 Å². The van der Waals surface area contributed by atoms with E-state index in [9.17, 15) is 18.8 Å². The van der Waals surface area contributed by atoms with Gasteiger partial charge in [-0.3, -0.25) is 9.59 Å². The zero-order valence-electron chi connectivity index (χ0n) is 17.9. The molecule has 1 saturated heterocycles. The Balaban J connectivity index is 1.77. The second-order valence-electron chi connectivity index (χ2n) is 7.91. The number of carbonyl (C=O) groups is 2. The van der Waals surface area contributed by atoms with Crippen molar-refractivity contribution in [3.8, 4) is 0 Å². The maximum atomic E-state index is 14.4. The number of aromatic carboxylic acids is 1. The predicted molar refractivity (Wildman–Crippen MR) is 125 cm³/mol. The molecule has 6 N–H and O–H groups in total. The third-order valence-electron chi connectivity index (χ3n) is 5.70. The Bertz CT molecular complexity index is 1270. The van der Waals surface area contributed by atoms with Crippen LogP contribution in [0.1, 0.15) is 27.1 Å². The van der Waals surface area contributed by atoms with Crippen LogP contribution < -0.4 is 26.8 Å². The van der Waals surface area contributed by atoms with Crippen molar-refractivity contribution in [2.75, 3.05) is 42.6 Å². The summed E-state index contributed by atoms with van der Waals surface area (Å²) in [6.45, 7) is 2.20. The first-order chi connectivity index (χ1) is 15.9. The van der Waals surface area contributed by atoms with Crippen molar-refractivity contribution in [3.63, 3.8) is 0 Å². The molecule has 172 valence electrons. The Morgan fingerprint density at radius 3 is 2.61 bits per heavy atom. The van der Waals surface area contributed by atoms with Crippen molar-refractivity contribution < 1.29 is 19.1 Å². The smallest absolute Gasteiger partial charge is 0.335 e. The number of aromatic nitrogens is 1. The Labute approximate surface area is 188 Å². The molecule has 2 aromatic carbocycles. The van der Waals surface area contributed by atoms with Gasteiger partial charge in [-0.05, 0) is 61.8 Å². The van der Waals surface area contributed by atoms with Gasteiger partial charge in [0.1, 0.15) is 11.4 Å². The summed E-state index contributed by atoms with van der Waals surface area (Å²) in [6, 6.07) is 8.12. The van der Waals surface area contributed by atoms with Crippen LogP contribution in [0, 0.1) is 11.7 Å². The molecule has 1 atom stereocenters. The summed E-state index contributed by atoms with van der Waals surface area (Å²) >= 11 is 0. The SMILES string of the molecule is CNc1cc(F)cc2c(NCC3CCNC3)c(C(=O)Nc3ccc(C(=O)O)cc3)c(=O)[nH]c12. The maximum absolute atomic E-state index is 14.4. The predicted octanol–water partition coefficient (Wildman–Crippen LogP) is 2.68. The number of H-pyrrole nitrogens is 1. The van der Waals surface area contributed by atoms with Crippen LogP contribution in [0.25, 0.3) is 10.9 Å². The first kappa shape index (κ1) is 22.3. The summed E-state index contributed by atoms with van der Waals surface area (Å²) in [5.41, 5.74) is 0.615. The van der Waals surface area contributed by atoms with Gasteiger partial charge in [0.05, 0.1) is 22.5 Å². The molecule has 9 nitrogen and oxygen atoms in total. The van der Waals surface area contributed by atoms with Gasteiger partial charge < -0.3 is 31.4 Å². The van der Waals surface area contributed by atoms with E-state index in [1.54, 1.807) is 7.05 Å². The van der Waals surface area contributed by atoms with Crippen LogP contribution in [0.4, 0.5) is 21.5 Å². The first-order valence-electron chi connectivity index (χ1n) is 10.5. The number of benzene rings is 2. The van der Waals surface area contributed by atoms with Crippen molar-refractivity contribution in [2.24, 2.45) is 5.92 Å². The first-order valence-corrected chi connectivity index (χ1v) is 10.5. The van der Waals surface area contributed by atoms with E-state index < -0.39 is 23.3 Å². The van der Waals surface area contributed by atoms with E-state index >= 15 is 0 Å². The number of aromatic amines is 1. The molecule has 33 heavy (non-hydrogen) atoms. The number of carbonyl (C=O) groups excluding carboxylic acids is 1. The standard InChI is InChI=1S/C23H24FN5O4/c1-25-17-9-14(24)8-16-19(17)29-22(31)18(20(16)27-11-12-6-7-26-10-12)21(30)28-15-4-2-13(3-5-15)23(32)33/h2-5,8-9,12,25-26H,6-7,10-11H2,1H3,(H,28,30)(H,32,33)(H2,27,29,31). The van der Waals surface area contributed by atoms with Crippen LogP contribution >= 0.6 is 0 Å². The lowest BCUT2D eigenvalue weighted by molar-refractivity contribution is 0.0696. The third kappa shape index (κ3) is 4.65. The molecule has 1 aromatic heterocycles. The molecule has 4 rings (SSSR count). The number of hydrogen-bond donors (Lipinski definition) is 6. The van der Waals surface area contributed by atoms with Gasteiger partial charge in [0.15, 0.2) is 0 Å². The highest BCUT2D eigenvalue weighted by Crippen LogP contribution is 2.31. The summed E-state index contributed by atoms with van der Waals surface area (Å²) in [7, 11) is 1.62. The van der Waals surface area contributed by atoms with Gasteiger partial charge in [-0.2, -0.15) is 0 Å². The number of carboxylic acids is 1. The lowest BCUT2D eigenvalue weighted by Gasteiger charge is -2.18. The van der Waals surface area contributed by atoms with E-state index in [-0.39, 0.29) is 16.8 Å². The fourth-order valence-electron chi connectivity index (χ4n) is 3.99. The van der Waals surface area contributed by atoms with Crippen LogP contribution in [0.15, 0.2) is 41.2 Å². The quantitative estimate of drug-likeness (QED) is 0.324. The molecule has 0 radical (unpaired) electrons. The van der Waals surface area contributed by atoms with Gasteiger partial charge in [-0.15, -0.1) is 0 Å². The number of fused-ring (bicyclic) bond motifs is 1. The van der Waals surface area contributed by atoms with Crippen molar-refractivity contribution in [1.29, 1.82) is 0 Å². The van der Waals surface area contributed by atoms with E-state index in [1.165, 1.54) is 36.4 Å². The molecular formula is C23H24FN5O4. The molecule has 2 heterocycles. The molecular weight excluding hydrogens is 429 g/mol. The minimum atomic E-state index is -1.09. The second kappa shape index (κ2) is 9.29. The van der Waals surface area contributed by atoms with Crippen LogP contribution in [0.5, 0.6) is 0 Å². The largest absolute Gasteiger partial charge is 0.478 e. The lowest BCUT2D eigenvalue weighted by Crippen LogP contribution is -2.27. The molecule has 10 heteroatoms. The number of pyridine rings is 1. The molecule has 1 fully saturated rings. The van der Waals surface area contributed by atoms with E-state index in [1.807, 2.05) is 0 Å². The number of anilines is 3. The van der Waals surface area contributed by atoms with E-state index in [4.69, 9.17) is 5.11 Å². The summed E-state index contributed by atoms with van der Waals surface area (Å²) in [4.78, 5) is 39.9. The molecule has 1 aliphatic rings. The summed E-state index contributed by atoms with van der Waals surface area (Å²) < 4.78 is 14.4. The van der Waals surface area contributed by atoms with Crippen molar-refractivity contribution in [3.05, 3.63) is 63.7 Å². The lowest BCUT2D eigenvalue weighted by atomic mass is 10.0. The highest BCUT2D eigenvalue weighted by Gasteiger charge is 2.23. The minimum Gasteiger partial charge on any atom is -0.478 e. The van der Waals surface area contributed by atoms with E-state index in [0.717, 1.165) is 19.5 Å². The average Bonchev–Trinajstić information content (AvgIpc) is 3.31. The Morgan fingerprint density at radius 1 is 1.21 bits per heavy atom. The third-order valence-corrected chi connectivity index (χ3v) is 5.70. The molecule has 0 aliphatic carbocycles. The van der Waals surface area contributed by atoms with E-state index in [0.29, 0.717) is 34.7 Å². The van der Waals surface area contributed by atoms with Crippen molar-refractivity contribution in [1.82, 2.24) is 10.3 Å². The normalized spacial score (nSPS) is 15.4.